The summed E-state index contributed by atoms with van der Waals surface area (Å²) in [5.74, 6) is -0.140. The summed E-state index contributed by atoms with van der Waals surface area (Å²) in [6, 6.07) is 2.97. The highest BCUT2D eigenvalue weighted by atomic mass is 35.5. The Bertz CT molecular complexity index is 616. The van der Waals surface area contributed by atoms with Crippen molar-refractivity contribution < 1.29 is 10.3 Å². The molecular weight excluding hydrogens is 301 g/mol. The second kappa shape index (κ2) is 5.24. The first-order valence-electron chi connectivity index (χ1n) is 6.37. The summed E-state index contributed by atoms with van der Waals surface area (Å²) >= 11 is 11.9. The van der Waals surface area contributed by atoms with Crippen molar-refractivity contribution >= 4 is 23.2 Å². The van der Waals surface area contributed by atoms with E-state index in [9.17, 15) is 10.3 Å². The highest BCUT2D eigenvalue weighted by Gasteiger charge is 2.31. The lowest BCUT2D eigenvalue weighted by molar-refractivity contribution is -0.104. The molecule has 1 atom stereocenters. The van der Waals surface area contributed by atoms with Gasteiger partial charge in [-0.05, 0) is 37.8 Å². The highest BCUT2D eigenvalue weighted by molar-refractivity contribution is 6.35. The molecule has 0 bridgehead atoms. The third-order valence-electron chi connectivity index (χ3n) is 3.54. The van der Waals surface area contributed by atoms with Crippen molar-refractivity contribution in [2.45, 2.75) is 31.8 Å². The number of benzene rings is 1. The lowest BCUT2D eigenvalue weighted by Crippen LogP contribution is -2.28. The first-order valence-corrected chi connectivity index (χ1v) is 7.12. The predicted molar refractivity (Wildman–Crippen MR) is 74.8 cm³/mol. The molecule has 1 heterocycles. The lowest BCUT2D eigenvalue weighted by Gasteiger charge is -2.32. The van der Waals surface area contributed by atoms with Gasteiger partial charge in [0.05, 0.1) is 16.4 Å². The predicted octanol–water partition coefficient (Wildman–Crippen LogP) is 4.64. The second-order valence-corrected chi connectivity index (χ2v) is 5.70. The Kier molecular flexibility index (Phi) is 3.58. The van der Waals surface area contributed by atoms with Crippen LogP contribution in [0.15, 0.2) is 33.8 Å². The number of halogens is 2. The van der Waals surface area contributed by atoms with E-state index in [4.69, 9.17) is 23.2 Å². The van der Waals surface area contributed by atoms with Gasteiger partial charge in [-0.2, -0.15) is 10.2 Å². The number of nitrogens with zero attached hydrogens (tertiary/aromatic N) is 3. The number of hydroxylamine groups is 2. The number of aromatic hydroxyl groups is 1. The molecule has 7 heteroatoms. The van der Waals surface area contributed by atoms with E-state index in [1.807, 2.05) is 0 Å². The van der Waals surface area contributed by atoms with Crippen LogP contribution < -0.4 is 0 Å². The summed E-state index contributed by atoms with van der Waals surface area (Å²) in [6.07, 6.45) is 2.79. The molecule has 5 nitrogen and oxygen atoms in total. The normalized spacial score (nSPS) is 22.1. The van der Waals surface area contributed by atoms with Gasteiger partial charge < -0.3 is 5.11 Å². The number of rotatable bonds is 1. The molecule has 1 aromatic carbocycles. The summed E-state index contributed by atoms with van der Waals surface area (Å²) in [6.45, 7) is 0. The molecule has 2 N–H and O–H groups in total. The van der Waals surface area contributed by atoms with Crippen LogP contribution in [0.2, 0.25) is 10.0 Å². The molecule has 1 aromatic rings. The Hall–Kier alpha value is -1.30. The fourth-order valence-electron chi connectivity index (χ4n) is 2.53. The maximum atomic E-state index is 10.3. The average Bonchev–Trinajstić information content (AvgIpc) is 2.44. The summed E-state index contributed by atoms with van der Waals surface area (Å²) < 4.78 is 0. The molecule has 20 heavy (non-hydrogen) atoms. The fourth-order valence-corrected chi connectivity index (χ4v) is 3.03. The zero-order chi connectivity index (χ0) is 14.3. The van der Waals surface area contributed by atoms with Crippen LogP contribution in [0.1, 0.15) is 37.4 Å². The van der Waals surface area contributed by atoms with Crippen LogP contribution in [0.25, 0.3) is 0 Å². The van der Waals surface area contributed by atoms with Crippen LogP contribution in [0.3, 0.4) is 0 Å². The SMILES string of the molecule is Oc1c(Cl)cc(Cl)cc1[C@H]1N=NC2=C(CCCC2)N1O. The average molecular weight is 314 g/mol. The largest absolute Gasteiger partial charge is 0.506 e. The lowest BCUT2D eigenvalue weighted by atomic mass is 10.00. The molecule has 0 fully saturated rings. The van der Waals surface area contributed by atoms with Crippen LogP contribution in [0.5, 0.6) is 5.75 Å². The minimum absolute atomic E-state index is 0.125. The van der Waals surface area contributed by atoms with Crippen LogP contribution >= 0.6 is 23.2 Å². The second-order valence-electron chi connectivity index (χ2n) is 4.86. The molecule has 2 aliphatic rings. The summed E-state index contributed by atoms with van der Waals surface area (Å²) in [7, 11) is 0. The zero-order valence-electron chi connectivity index (χ0n) is 10.6. The minimum Gasteiger partial charge on any atom is -0.506 e. The molecule has 0 unspecified atom stereocenters. The van der Waals surface area contributed by atoms with E-state index in [1.54, 1.807) is 0 Å². The zero-order valence-corrected chi connectivity index (χ0v) is 12.1. The molecule has 3 rings (SSSR count). The minimum atomic E-state index is -0.817. The summed E-state index contributed by atoms with van der Waals surface area (Å²) in [5.41, 5.74) is 1.90. The maximum Gasteiger partial charge on any atom is 0.195 e. The Morgan fingerprint density at radius 2 is 1.95 bits per heavy atom. The maximum absolute atomic E-state index is 10.3. The van der Waals surface area contributed by atoms with Gasteiger partial charge in [0.2, 0.25) is 0 Å². The van der Waals surface area contributed by atoms with Gasteiger partial charge >= 0.3 is 0 Å². The Labute approximate surface area is 126 Å². The topological polar surface area (TPSA) is 68.4 Å². The number of phenolic OH excluding ortho intramolecular Hbond substituents is 1. The van der Waals surface area contributed by atoms with Crippen molar-refractivity contribution in [1.29, 1.82) is 0 Å². The standard InChI is InChI=1S/C13H13Cl2N3O2/c14-7-5-8(12(19)9(15)6-7)13-17-16-10-3-1-2-4-11(10)18(13)20/h5-6,13,19-20H,1-4H2/t13-/m0/s1. The van der Waals surface area contributed by atoms with E-state index in [0.717, 1.165) is 42.1 Å². The van der Waals surface area contributed by atoms with Gasteiger partial charge in [-0.1, -0.05) is 23.2 Å². The van der Waals surface area contributed by atoms with E-state index in [-0.39, 0.29) is 10.8 Å². The first kappa shape index (κ1) is 13.7. The number of hydrogen-bond donors (Lipinski definition) is 2. The van der Waals surface area contributed by atoms with E-state index >= 15 is 0 Å². The van der Waals surface area contributed by atoms with Gasteiger partial charge in [-0.25, -0.2) is 5.06 Å². The van der Waals surface area contributed by atoms with Crippen LogP contribution in [0.4, 0.5) is 0 Å². The van der Waals surface area contributed by atoms with Crippen LogP contribution in [-0.4, -0.2) is 15.4 Å². The van der Waals surface area contributed by atoms with Gasteiger partial charge in [0.25, 0.3) is 0 Å². The van der Waals surface area contributed by atoms with Crippen molar-refractivity contribution in [2.24, 2.45) is 10.2 Å². The smallest absolute Gasteiger partial charge is 0.195 e. The molecule has 1 aliphatic carbocycles. The van der Waals surface area contributed by atoms with Crippen LogP contribution in [-0.2, 0) is 0 Å². The number of hydrogen-bond acceptors (Lipinski definition) is 5. The van der Waals surface area contributed by atoms with E-state index in [2.05, 4.69) is 10.2 Å². The number of allylic oxidation sites excluding steroid dienone is 2. The summed E-state index contributed by atoms with van der Waals surface area (Å²) in [5, 5.41) is 30.2. The van der Waals surface area contributed by atoms with Crippen molar-refractivity contribution in [3.8, 4) is 5.75 Å². The van der Waals surface area contributed by atoms with E-state index < -0.39 is 6.17 Å². The molecule has 1 aliphatic heterocycles. The molecular formula is C13H13Cl2N3O2. The van der Waals surface area contributed by atoms with Gasteiger partial charge in [0, 0.05) is 10.6 Å². The molecule has 0 saturated carbocycles. The molecule has 0 spiro atoms. The van der Waals surface area contributed by atoms with Crippen LogP contribution in [0, 0.1) is 0 Å². The number of phenols is 1. The van der Waals surface area contributed by atoms with E-state index in [0.29, 0.717) is 10.6 Å². The molecule has 0 aromatic heterocycles. The van der Waals surface area contributed by atoms with Crippen molar-refractivity contribution in [2.75, 3.05) is 0 Å². The highest BCUT2D eigenvalue weighted by Crippen LogP contribution is 2.42. The number of azo groups is 1. The molecule has 0 saturated heterocycles. The van der Waals surface area contributed by atoms with Gasteiger partial charge in [-0.3, -0.25) is 5.21 Å². The quantitative estimate of drug-likeness (QED) is 0.793. The Balaban J connectivity index is 2.01. The molecule has 0 amide bonds. The molecule has 0 radical (unpaired) electrons. The summed E-state index contributed by atoms with van der Waals surface area (Å²) in [4.78, 5) is 0. The van der Waals surface area contributed by atoms with Crippen molar-refractivity contribution in [3.05, 3.63) is 39.1 Å². The Morgan fingerprint density at radius 3 is 2.75 bits per heavy atom. The first-order chi connectivity index (χ1) is 9.58. The monoisotopic (exact) mass is 313 g/mol. The van der Waals surface area contributed by atoms with E-state index in [1.165, 1.54) is 12.1 Å². The fraction of sp³-hybridized carbons (Fsp3) is 0.385. The van der Waals surface area contributed by atoms with Crippen molar-refractivity contribution in [3.63, 3.8) is 0 Å². The molecule has 106 valence electrons. The third-order valence-corrected chi connectivity index (χ3v) is 4.05. The van der Waals surface area contributed by atoms with Crippen molar-refractivity contribution in [1.82, 2.24) is 5.06 Å². The van der Waals surface area contributed by atoms with Gasteiger partial charge in [0.15, 0.2) is 6.17 Å². The Morgan fingerprint density at radius 1 is 1.20 bits per heavy atom. The third kappa shape index (κ3) is 2.26. The van der Waals surface area contributed by atoms with Gasteiger partial charge in [-0.15, -0.1) is 0 Å². The van der Waals surface area contributed by atoms with Gasteiger partial charge in [0.1, 0.15) is 5.75 Å².